The van der Waals surface area contributed by atoms with Gasteiger partial charge in [-0.1, -0.05) is 23.2 Å². The highest BCUT2D eigenvalue weighted by Gasteiger charge is 2.15. The second-order valence-electron chi connectivity index (χ2n) is 2.85. The summed E-state index contributed by atoms with van der Waals surface area (Å²) >= 11 is 18.9. The van der Waals surface area contributed by atoms with E-state index in [1.165, 1.54) is 12.1 Å². The molecule has 0 bridgehead atoms. The molecule has 2 nitrogen and oxygen atoms in total. The molecule has 1 aromatic rings. The molecular weight excluding hydrogens is 291 g/mol. The molecule has 0 fully saturated rings. The average Bonchev–Trinajstić information content (AvgIpc) is 2.22. The van der Waals surface area contributed by atoms with Gasteiger partial charge in [0.25, 0.3) is 5.24 Å². The lowest BCUT2D eigenvalue weighted by atomic mass is 10.2. The zero-order valence-electron chi connectivity index (χ0n) is 8.43. The van der Waals surface area contributed by atoms with E-state index in [1.54, 1.807) is 11.8 Å². The maximum absolute atomic E-state index is 11.0. The van der Waals surface area contributed by atoms with Gasteiger partial charge in [0, 0.05) is 5.75 Å². The van der Waals surface area contributed by atoms with Gasteiger partial charge in [0.05, 0.1) is 22.2 Å². The molecule has 1 aromatic carbocycles. The third-order valence-corrected chi connectivity index (χ3v) is 3.25. The van der Waals surface area contributed by atoms with Crippen molar-refractivity contribution in [3.05, 3.63) is 27.7 Å². The number of hydrogen-bond donors (Lipinski definition) is 0. The molecule has 16 heavy (non-hydrogen) atoms. The van der Waals surface area contributed by atoms with E-state index in [1.807, 2.05) is 6.26 Å². The first-order valence-electron chi connectivity index (χ1n) is 4.37. The third kappa shape index (κ3) is 3.45. The Labute approximate surface area is 113 Å². The zero-order chi connectivity index (χ0) is 12.1. The van der Waals surface area contributed by atoms with E-state index in [0.29, 0.717) is 17.4 Å². The van der Waals surface area contributed by atoms with Gasteiger partial charge in [0.1, 0.15) is 0 Å². The summed E-state index contributed by atoms with van der Waals surface area (Å²) in [4.78, 5) is 11.0. The summed E-state index contributed by atoms with van der Waals surface area (Å²) in [5, 5.41) is -0.0993. The fourth-order valence-corrected chi connectivity index (χ4v) is 2.07. The number of ether oxygens (including phenoxy) is 1. The molecule has 0 aromatic heterocycles. The molecule has 0 saturated heterocycles. The number of thioether (sulfide) groups is 1. The van der Waals surface area contributed by atoms with Crippen LogP contribution in [0.15, 0.2) is 12.1 Å². The molecule has 0 spiro atoms. The van der Waals surface area contributed by atoms with Gasteiger partial charge in [-0.05, 0) is 30.0 Å². The first kappa shape index (κ1) is 14.0. The second kappa shape index (κ2) is 6.60. The molecule has 0 radical (unpaired) electrons. The summed E-state index contributed by atoms with van der Waals surface area (Å²) in [5.74, 6) is 1.12. The average molecular weight is 300 g/mol. The van der Waals surface area contributed by atoms with Crippen LogP contribution in [0.3, 0.4) is 0 Å². The summed E-state index contributed by atoms with van der Waals surface area (Å²) in [6.07, 6.45) is 1.96. The Hall–Kier alpha value is -0.0900. The van der Waals surface area contributed by atoms with Crippen molar-refractivity contribution < 1.29 is 9.53 Å². The van der Waals surface area contributed by atoms with Crippen molar-refractivity contribution in [2.75, 3.05) is 18.6 Å². The quantitative estimate of drug-likeness (QED) is 0.604. The number of halogens is 3. The Morgan fingerprint density at radius 1 is 1.44 bits per heavy atom. The number of hydrogen-bond acceptors (Lipinski definition) is 3. The minimum absolute atomic E-state index is 0.161. The Kier molecular flexibility index (Phi) is 5.76. The van der Waals surface area contributed by atoms with Gasteiger partial charge < -0.3 is 4.74 Å². The number of carbonyl (C=O) groups excluding carboxylic acids is 1. The summed E-state index contributed by atoms with van der Waals surface area (Å²) in [7, 11) is 0. The summed E-state index contributed by atoms with van der Waals surface area (Å²) in [6, 6.07) is 3.01. The first-order valence-corrected chi connectivity index (χ1v) is 6.90. The second-order valence-corrected chi connectivity index (χ2v) is 4.97. The van der Waals surface area contributed by atoms with Crippen molar-refractivity contribution in [1.29, 1.82) is 0 Å². The molecule has 0 saturated carbocycles. The van der Waals surface area contributed by atoms with E-state index in [0.717, 1.165) is 5.75 Å². The van der Waals surface area contributed by atoms with E-state index < -0.39 is 5.24 Å². The van der Waals surface area contributed by atoms with E-state index in [4.69, 9.17) is 39.5 Å². The molecule has 0 aliphatic heterocycles. The van der Waals surface area contributed by atoms with Crippen LogP contribution in [0.1, 0.15) is 10.4 Å². The van der Waals surface area contributed by atoms with E-state index in [-0.39, 0.29) is 10.6 Å². The largest absolute Gasteiger partial charge is 0.490 e. The van der Waals surface area contributed by atoms with Gasteiger partial charge in [0.2, 0.25) is 0 Å². The highest BCUT2D eigenvalue weighted by Crippen LogP contribution is 2.36. The van der Waals surface area contributed by atoms with E-state index in [9.17, 15) is 4.79 Å². The Balaban J connectivity index is 2.97. The van der Waals surface area contributed by atoms with Gasteiger partial charge in [-0.2, -0.15) is 11.8 Å². The molecule has 0 atom stereocenters. The van der Waals surface area contributed by atoms with E-state index >= 15 is 0 Å². The first-order chi connectivity index (χ1) is 7.57. The van der Waals surface area contributed by atoms with Crippen LogP contribution in [-0.4, -0.2) is 23.9 Å². The van der Waals surface area contributed by atoms with Crippen LogP contribution in [-0.2, 0) is 0 Å². The van der Waals surface area contributed by atoms with Crippen LogP contribution < -0.4 is 4.74 Å². The van der Waals surface area contributed by atoms with Gasteiger partial charge >= 0.3 is 0 Å². The Bertz CT molecular complexity index is 396. The highest BCUT2D eigenvalue weighted by atomic mass is 35.5. The van der Waals surface area contributed by atoms with Crippen LogP contribution >= 0.6 is 46.6 Å². The van der Waals surface area contributed by atoms with Crippen molar-refractivity contribution in [1.82, 2.24) is 0 Å². The lowest BCUT2D eigenvalue weighted by Crippen LogP contribution is -2.02. The maximum atomic E-state index is 11.0. The van der Waals surface area contributed by atoms with Gasteiger partial charge in [0.15, 0.2) is 5.75 Å². The topological polar surface area (TPSA) is 26.3 Å². The highest BCUT2D eigenvalue weighted by molar-refractivity contribution is 7.98. The Morgan fingerprint density at radius 3 is 2.69 bits per heavy atom. The SMILES string of the molecule is CSCCOc1c(Cl)ccc(C(=O)Cl)c1Cl. The molecular formula is C10H9Cl3O2S. The smallest absolute Gasteiger partial charge is 0.254 e. The summed E-state index contributed by atoms with van der Waals surface area (Å²) in [6.45, 7) is 0.473. The summed E-state index contributed by atoms with van der Waals surface area (Å²) < 4.78 is 5.40. The number of carbonyl (C=O) groups is 1. The van der Waals surface area contributed by atoms with Crippen LogP contribution in [0, 0.1) is 0 Å². The van der Waals surface area contributed by atoms with Crippen LogP contribution in [0.4, 0.5) is 0 Å². The molecule has 0 unspecified atom stereocenters. The predicted octanol–water partition coefficient (Wildman–Crippen LogP) is 4.11. The minimum atomic E-state index is -0.628. The van der Waals surface area contributed by atoms with E-state index in [2.05, 4.69) is 0 Å². The van der Waals surface area contributed by atoms with Crippen molar-refractivity contribution in [3.8, 4) is 5.75 Å². The van der Waals surface area contributed by atoms with Crippen molar-refractivity contribution in [2.24, 2.45) is 0 Å². The molecule has 0 aliphatic carbocycles. The monoisotopic (exact) mass is 298 g/mol. The van der Waals surface area contributed by atoms with Crippen LogP contribution in [0.5, 0.6) is 5.75 Å². The van der Waals surface area contributed by atoms with Crippen LogP contribution in [0.25, 0.3) is 0 Å². The zero-order valence-corrected chi connectivity index (χ0v) is 11.5. The van der Waals surface area contributed by atoms with Crippen molar-refractivity contribution >= 4 is 51.8 Å². The van der Waals surface area contributed by atoms with Gasteiger partial charge in [-0.25, -0.2) is 0 Å². The van der Waals surface area contributed by atoms with Crippen molar-refractivity contribution in [3.63, 3.8) is 0 Å². The van der Waals surface area contributed by atoms with Gasteiger partial charge in [-0.3, -0.25) is 4.79 Å². The molecule has 88 valence electrons. The molecule has 0 heterocycles. The number of rotatable bonds is 5. The van der Waals surface area contributed by atoms with Gasteiger partial charge in [-0.15, -0.1) is 0 Å². The lowest BCUT2D eigenvalue weighted by molar-refractivity contribution is 0.108. The lowest BCUT2D eigenvalue weighted by Gasteiger charge is -2.10. The fourth-order valence-electron chi connectivity index (χ4n) is 1.04. The number of benzene rings is 1. The van der Waals surface area contributed by atoms with Crippen molar-refractivity contribution in [2.45, 2.75) is 0 Å². The normalized spacial score (nSPS) is 10.2. The minimum Gasteiger partial charge on any atom is -0.490 e. The molecule has 6 heteroatoms. The van der Waals surface area contributed by atoms with Crippen LogP contribution in [0.2, 0.25) is 10.0 Å². The Morgan fingerprint density at radius 2 is 2.12 bits per heavy atom. The summed E-state index contributed by atoms with van der Waals surface area (Å²) in [5.41, 5.74) is 0.201. The molecule has 0 aliphatic rings. The predicted molar refractivity (Wildman–Crippen MR) is 70.5 cm³/mol. The third-order valence-electron chi connectivity index (χ3n) is 1.79. The molecule has 1 rings (SSSR count). The molecule has 0 amide bonds. The maximum Gasteiger partial charge on any atom is 0.254 e. The molecule has 0 N–H and O–H groups in total. The standard InChI is InChI=1S/C10H9Cl3O2S/c1-16-5-4-15-9-7(11)3-2-6(8(9)12)10(13)14/h2-3H,4-5H2,1H3. The fraction of sp³-hybridized carbons (Fsp3) is 0.300.